The van der Waals surface area contributed by atoms with E-state index in [0.717, 1.165) is 30.2 Å². The Hall–Kier alpha value is -3.61. The summed E-state index contributed by atoms with van der Waals surface area (Å²) in [5.74, 6) is 0.726. The first-order chi connectivity index (χ1) is 15.4. The molecule has 3 heterocycles. The lowest BCUT2D eigenvalue weighted by Gasteiger charge is -2.29. The number of benzene rings is 2. The number of hydrogen-bond acceptors (Lipinski definition) is 4. The van der Waals surface area contributed by atoms with Gasteiger partial charge in [-0.25, -0.2) is 4.79 Å². The third kappa shape index (κ3) is 3.34. The SMILES string of the molecule is Cc1cc(C)cc(N2CCCn3c2nc2c3c(=O)n(CCc3ccccc3)c(=O)n2C)c1. The molecule has 0 saturated heterocycles. The molecular formula is C25H27N5O2. The molecule has 0 aliphatic carbocycles. The highest BCUT2D eigenvalue weighted by Gasteiger charge is 2.27. The topological polar surface area (TPSA) is 65.1 Å². The fourth-order valence-corrected chi connectivity index (χ4v) is 4.70. The number of nitrogens with zero attached hydrogens (tertiary/aromatic N) is 5. The van der Waals surface area contributed by atoms with Crippen LogP contribution >= 0.6 is 0 Å². The van der Waals surface area contributed by atoms with Crippen LogP contribution in [0.4, 0.5) is 11.6 Å². The van der Waals surface area contributed by atoms with Crippen molar-refractivity contribution in [3.05, 3.63) is 86.1 Å². The van der Waals surface area contributed by atoms with Crippen LogP contribution in [0, 0.1) is 13.8 Å². The highest BCUT2D eigenvalue weighted by molar-refractivity contribution is 5.77. The van der Waals surface area contributed by atoms with E-state index < -0.39 is 0 Å². The van der Waals surface area contributed by atoms with Gasteiger partial charge in [-0.2, -0.15) is 4.98 Å². The van der Waals surface area contributed by atoms with Crippen LogP contribution < -0.4 is 16.1 Å². The normalized spacial score (nSPS) is 13.5. The van der Waals surface area contributed by atoms with Gasteiger partial charge in [-0.05, 0) is 55.5 Å². The van der Waals surface area contributed by atoms with E-state index in [1.807, 2.05) is 34.9 Å². The van der Waals surface area contributed by atoms with Gasteiger partial charge >= 0.3 is 5.69 Å². The van der Waals surface area contributed by atoms with Crippen molar-refractivity contribution in [3.63, 3.8) is 0 Å². The van der Waals surface area contributed by atoms with Gasteiger partial charge < -0.3 is 9.47 Å². The number of imidazole rings is 1. The molecule has 0 N–H and O–H groups in total. The van der Waals surface area contributed by atoms with Crippen LogP contribution in [0.1, 0.15) is 23.1 Å². The van der Waals surface area contributed by atoms with E-state index in [0.29, 0.717) is 30.7 Å². The first kappa shape index (κ1) is 20.3. The minimum absolute atomic E-state index is 0.264. The lowest BCUT2D eigenvalue weighted by atomic mass is 10.1. The second-order valence-corrected chi connectivity index (χ2v) is 8.62. The Bertz CT molecular complexity index is 1410. The van der Waals surface area contributed by atoms with E-state index in [9.17, 15) is 9.59 Å². The zero-order valence-corrected chi connectivity index (χ0v) is 18.7. The van der Waals surface area contributed by atoms with E-state index in [1.165, 1.54) is 20.3 Å². The van der Waals surface area contributed by atoms with Gasteiger partial charge in [-0.15, -0.1) is 0 Å². The first-order valence-corrected chi connectivity index (χ1v) is 11.0. The summed E-state index contributed by atoms with van der Waals surface area (Å²) in [7, 11) is 1.70. The van der Waals surface area contributed by atoms with Gasteiger partial charge in [0.05, 0.1) is 0 Å². The fourth-order valence-electron chi connectivity index (χ4n) is 4.70. The Kier molecular flexibility index (Phi) is 4.96. The van der Waals surface area contributed by atoms with E-state index >= 15 is 0 Å². The van der Waals surface area contributed by atoms with Gasteiger partial charge in [-0.1, -0.05) is 36.4 Å². The predicted molar refractivity (Wildman–Crippen MR) is 127 cm³/mol. The summed E-state index contributed by atoms with van der Waals surface area (Å²) in [6, 6.07) is 16.3. The number of anilines is 2. The summed E-state index contributed by atoms with van der Waals surface area (Å²) >= 11 is 0. The second-order valence-electron chi connectivity index (χ2n) is 8.62. The minimum Gasteiger partial charge on any atom is -0.312 e. The Balaban J connectivity index is 1.64. The molecule has 0 bridgehead atoms. The molecule has 0 unspecified atom stereocenters. The Morgan fingerprint density at radius 1 is 0.969 bits per heavy atom. The molecule has 0 fully saturated rings. The summed E-state index contributed by atoms with van der Waals surface area (Å²) in [6.45, 7) is 6.03. The molecule has 2 aromatic carbocycles. The number of fused-ring (bicyclic) bond motifs is 3. The van der Waals surface area contributed by atoms with Gasteiger partial charge in [0, 0.05) is 32.4 Å². The van der Waals surface area contributed by atoms with Crippen molar-refractivity contribution in [2.45, 2.75) is 39.8 Å². The zero-order chi connectivity index (χ0) is 22.4. The molecular weight excluding hydrogens is 402 g/mol. The Morgan fingerprint density at radius 3 is 2.41 bits per heavy atom. The molecule has 7 heteroatoms. The molecule has 7 nitrogen and oxygen atoms in total. The van der Waals surface area contributed by atoms with E-state index in [2.05, 4.69) is 36.9 Å². The average Bonchev–Trinajstić information content (AvgIpc) is 3.17. The van der Waals surface area contributed by atoms with E-state index in [-0.39, 0.29) is 11.2 Å². The lowest BCUT2D eigenvalue weighted by molar-refractivity contribution is 0.585. The molecule has 0 spiro atoms. The monoisotopic (exact) mass is 429 g/mol. The number of aryl methyl sites for hydroxylation is 5. The standard InChI is InChI=1S/C25H27N5O2/c1-17-14-18(2)16-20(15-17)28-11-7-12-29-21-22(26-24(28)29)27(3)25(32)30(23(21)31)13-10-19-8-5-4-6-9-19/h4-6,8-9,14-16H,7,10-13H2,1-3H3. The molecule has 4 aromatic rings. The Labute approximate surface area is 186 Å². The number of rotatable bonds is 4. The minimum atomic E-state index is -0.327. The van der Waals surface area contributed by atoms with E-state index in [1.54, 1.807) is 7.05 Å². The maximum Gasteiger partial charge on any atom is 0.332 e. The van der Waals surface area contributed by atoms with Crippen LogP contribution in [0.25, 0.3) is 11.2 Å². The van der Waals surface area contributed by atoms with Crippen molar-refractivity contribution >= 4 is 22.8 Å². The van der Waals surface area contributed by atoms with Crippen LogP contribution in [-0.4, -0.2) is 25.2 Å². The molecule has 2 aromatic heterocycles. The zero-order valence-electron chi connectivity index (χ0n) is 18.7. The summed E-state index contributed by atoms with van der Waals surface area (Å²) < 4.78 is 4.84. The molecule has 0 atom stereocenters. The lowest BCUT2D eigenvalue weighted by Crippen LogP contribution is -2.40. The van der Waals surface area contributed by atoms with Crippen LogP contribution in [0.2, 0.25) is 0 Å². The van der Waals surface area contributed by atoms with Crippen molar-refractivity contribution in [1.29, 1.82) is 0 Å². The molecule has 164 valence electrons. The van der Waals surface area contributed by atoms with Crippen molar-refractivity contribution in [1.82, 2.24) is 18.7 Å². The predicted octanol–water partition coefficient (Wildman–Crippen LogP) is 3.30. The molecule has 5 rings (SSSR count). The fraction of sp³-hybridized carbons (Fsp3) is 0.320. The molecule has 32 heavy (non-hydrogen) atoms. The molecule has 0 radical (unpaired) electrons. The molecule has 1 aliphatic rings. The summed E-state index contributed by atoms with van der Waals surface area (Å²) in [5, 5.41) is 0. The van der Waals surface area contributed by atoms with Gasteiger partial charge in [-0.3, -0.25) is 13.9 Å². The smallest absolute Gasteiger partial charge is 0.312 e. The molecule has 1 aliphatic heterocycles. The van der Waals surface area contributed by atoms with Gasteiger partial charge in [0.25, 0.3) is 5.56 Å². The van der Waals surface area contributed by atoms with Gasteiger partial charge in [0.1, 0.15) is 0 Å². The number of hydrogen-bond donors (Lipinski definition) is 0. The first-order valence-electron chi connectivity index (χ1n) is 11.0. The van der Waals surface area contributed by atoms with Crippen molar-refractivity contribution in [3.8, 4) is 0 Å². The summed E-state index contributed by atoms with van der Waals surface area (Å²) in [4.78, 5) is 33.5. The molecule has 0 amide bonds. The quantitative estimate of drug-likeness (QED) is 0.499. The van der Waals surface area contributed by atoms with Crippen LogP contribution in [0.3, 0.4) is 0 Å². The Morgan fingerprint density at radius 2 is 1.69 bits per heavy atom. The van der Waals surface area contributed by atoms with Crippen molar-refractivity contribution in [2.75, 3.05) is 11.4 Å². The highest BCUT2D eigenvalue weighted by Crippen LogP contribution is 2.32. The van der Waals surface area contributed by atoms with Crippen LogP contribution in [0.5, 0.6) is 0 Å². The average molecular weight is 430 g/mol. The summed E-state index contributed by atoms with van der Waals surface area (Å²) in [5.41, 5.74) is 4.89. The van der Waals surface area contributed by atoms with E-state index in [4.69, 9.17) is 4.98 Å². The third-order valence-corrected chi connectivity index (χ3v) is 6.20. The van der Waals surface area contributed by atoms with Gasteiger partial charge in [0.15, 0.2) is 11.2 Å². The van der Waals surface area contributed by atoms with Crippen LogP contribution in [-0.2, 0) is 26.6 Å². The second kappa shape index (κ2) is 7.82. The third-order valence-electron chi connectivity index (χ3n) is 6.20. The maximum absolute atomic E-state index is 13.5. The van der Waals surface area contributed by atoms with Crippen molar-refractivity contribution < 1.29 is 0 Å². The largest absolute Gasteiger partial charge is 0.332 e. The maximum atomic E-state index is 13.5. The number of aromatic nitrogens is 4. The van der Waals surface area contributed by atoms with Crippen LogP contribution in [0.15, 0.2) is 58.1 Å². The highest BCUT2D eigenvalue weighted by atomic mass is 16.2. The summed E-state index contributed by atoms with van der Waals surface area (Å²) in [6.07, 6.45) is 1.52. The molecule has 0 saturated carbocycles. The van der Waals surface area contributed by atoms with Gasteiger partial charge in [0.2, 0.25) is 5.95 Å². The van der Waals surface area contributed by atoms with Crippen molar-refractivity contribution in [2.24, 2.45) is 7.05 Å².